The summed E-state index contributed by atoms with van der Waals surface area (Å²) in [6.07, 6.45) is 8.08. The van der Waals surface area contributed by atoms with Crippen molar-refractivity contribution in [1.29, 1.82) is 0 Å². The highest BCUT2D eigenvalue weighted by atomic mass is 15.2. The normalized spacial score (nSPS) is 35.7. The number of hydrogen-bond acceptors (Lipinski definition) is 1. The molecular weight excluding hydrogens is 242 g/mol. The van der Waals surface area contributed by atoms with Gasteiger partial charge >= 0.3 is 0 Å². The SMILES string of the molecule is CCC1CC(C)(C)CC(C)N(C)C(CC)CC(C)(C)C1. The maximum Gasteiger partial charge on any atom is 0.00974 e. The molecular formula is C19H39N. The zero-order valence-electron chi connectivity index (χ0n) is 15.4. The zero-order valence-corrected chi connectivity index (χ0v) is 15.4. The van der Waals surface area contributed by atoms with Crippen LogP contribution in [0.4, 0.5) is 0 Å². The molecule has 20 heavy (non-hydrogen) atoms. The average Bonchev–Trinajstić information content (AvgIpc) is 2.32. The summed E-state index contributed by atoms with van der Waals surface area (Å²) in [5.41, 5.74) is 0.947. The van der Waals surface area contributed by atoms with Crippen molar-refractivity contribution >= 4 is 0 Å². The van der Waals surface area contributed by atoms with Crippen LogP contribution in [0.25, 0.3) is 0 Å². The molecule has 3 unspecified atom stereocenters. The highest BCUT2D eigenvalue weighted by molar-refractivity contribution is 4.88. The maximum atomic E-state index is 2.66. The quantitative estimate of drug-likeness (QED) is 0.624. The van der Waals surface area contributed by atoms with E-state index in [-0.39, 0.29) is 0 Å². The van der Waals surface area contributed by atoms with Gasteiger partial charge in [-0.2, -0.15) is 0 Å². The molecule has 0 aromatic rings. The molecule has 1 aliphatic heterocycles. The monoisotopic (exact) mass is 281 g/mol. The van der Waals surface area contributed by atoms with Crippen molar-refractivity contribution in [3.8, 4) is 0 Å². The fourth-order valence-electron chi connectivity index (χ4n) is 4.61. The molecule has 0 saturated carbocycles. The molecule has 0 N–H and O–H groups in total. The minimum atomic E-state index is 0.472. The van der Waals surface area contributed by atoms with Gasteiger partial charge in [-0.1, -0.05) is 48.0 Å². The summed E-state index contributed by atoms with van der Waals surface area (Å²) in [6, 6.07) is 1.44. The lowest BCUT2D eigenvalue weighted by Crippen LogP contribution is -2.44. The van der Waals surface area contributed by atoms with Crippen LogP contribution < -0.4 is 0 Å². The molecule has 3 atom stereocenters. The van der Waals surface area contributed by atoms with Gasteiger partial charge in [0, 0.05) is 12.1 Å². The summed E-state index contributed by atoms with van der Waals surface area (Å²) >= 11 is 0. The second-order valence-corrected chi connectivity index (χ2v) is 9.00. The maximum absolute atomic E-state index is 2.66. The minimum Gasteiger partial charge on any atom is -0.301 e. The second-order valence-electron chi connectivity index (χ2n) is 9.00. The van der Waals surface area contributed by atoms with E-state index in [1.807, 2.05) is 0 Å². The van der Waals surface area contributed by atoms with E-state index in [4.69, 9.17) is 0 Å². The lowest BCUT2D eigenvalue weighted by Gasteiger charge is -2.44. The fourth-order valence-corrected chi connectivity index (χ4v) is 4.61. The Bertz CT molecular complexity index is 292. The predicted octanol–water partition coefficient (Wildman–Crippen LogP) is 5.74. The molecule has 0 bridgehead atoms. The molecule has 0 aromatic heterocycles. The van der Waals surface area contributed by atoms with Gasteiger partial charge in [-0.15, -0.1) is 0 Å². The van der Waals surface area contributed by atoms with Crippen LogP contribution >= 0.6 is 0 Å². The topological polar surface area (TPSA) is 3.24 Å². The van der Waals surface area contributed by atoms with Crippen LogP contribution in [-0.2, 0) is 0 Å². The first-order valence-corrected chi connectivity index (χ1v) is 8.82. The van der Waals surface area contributed by atoms with Gasteiger partial charge in [0.15, 0.2) is 0 Å². The zero-order chi connectivity index (χ0) is 15.6. The lowest BCUT2D eigenvalue weighted by atomic mass is 9.69. The molecule has 1 aliphatic rings. The van der Waals surface area contributed by atoms with Crippen molar-refractivity contribution in [3.63, 3.8) is 0 Å². The summed E-state index contributed by atoms with van der Waals surface area (Å²) in [4.78, 5) is 2.66. The molecule has 1 nitrogen and oxygen atoms in total. The Labute approximate surface area is 128 Å². The summed E-state index contributed by atoms with van der Waals surface area (Å²) in [7, 11) is 2.35. The molecule has 0 amide bonds. The molecule has 1 heterocycles. The third-order valence-electron chi connectivity index (χ3n) is 5.64. The van der Waals surface area contributed by atoms with Crippen LogP contribution in [0.15, 0.2) is 0 Å². The minimum absolute atomic E-state index is 0.472. The fraction of sp³-hybridized carbons (Fsp3) is 1.00. The van der Waals surface area contributed by atoms with Gasteiger partial charge in [0.05, 0.1) is 0 Å². The Morgan fingerprint density at radius 2 is 1.35 bits per heavy atom. The molecule has 0 aliphatic carbocycles. The third kappa shape index (κ3) is 5.06. The smallest absolute Gasteiger partial charge is 0.00974 e. The standard InChI is InChI=1S/C19H39N/c1-9-16-12-18(4,5)11-15(3)20(8)17(10-2)14-19(6,7)13-16/h15-17H,9-14H2,1-8H3. The van der Waals surface area contributed by atoms with Crippen LogP contribution in [0.3, 0.4) is 0 Å². The predicted molar refractivity (Wildman–Crippen MR) is 91.1 cm³/mol. The molecule has 1 saturated heterocycles. The Morgan fingerprint density at radius 3 is 1.80 bits per heavy atom. The van der Waals surface area contributed by atoms with E-state index in [0.29, 0.717) is 16.9 Å². The third-order valence-corrected chi connectivity index (χ3v) is 5.64. The highest BCUT2D eigenvalue weighted by Gasteiger charge is 2.35. The van der Waals surface area contributed by atoms with Crippen LogP contribution in [0.1, 0.15) is 87.0 Å². The van der Waals surface area contributed by atoms with Crippen molar-refractivity contribution in [3.05, 3.63) is 0 Å². The summed E-state index contributed by atoms with van der Waals surface area (Å²) in [5, 5.41) is 0. The lowest BCUT2D eigenvalue weighted by molar-refractivity contribution is 0.0598. The Hall–Kier alpha value is -0.0400. The molecule has 0 radical (unpaired) electrons. The van der Waals surface area contributed by atoms with Gasteiger partial charge in [-0.25, -0.2) is 0 Å². The van der Waals surface area contributed by atoms with Crippen LogP contribution in [0, 0.1) is 16.7 Å². The molecule has 120 valence electrons. The first kappa shape index (κ1) is 18.0. The van der Waals surface area contributed by atoms with Crippen molar-refractivity contribution in [2.24, 2.45) is 16.7 Å². The molecule has 1 heteroatoms. The van der Waals surface area contributed by atoms with Crippen molar-refractivity contribution in [2.45, 2.75) is 99.1 Å². The molecule has 1 rings (SSSR count). The number of hydrogen-bond donors (Lipinski definition) is 0. The summed E-state index contributed by atoms with van der Waals surface area (Å²) in [5.74, 6) is 0.896. The summed E-state index contributed by atoms with van der Waals surface area (Å²) < 4.78 is 0. The average molecular weight is 282 g/mol. The van der Waals surface area contributed by atoms with Crippen LogP contribution in [0.5, 0.6) is 0 Å². The number of rotatable bonds is 2. The Balaban J connectivity index is 3.00. The van der Waals surface area contributed by atoms with Gasteiger partial charge in [-0.3, -0.25) is 0 Å². The van der Waals surface area contributed by atoms with Gasteiger partial charge in [0.25, 0.3) is 0 Å². The van der Waals surface area contributed by atoms with Gasteiger partial charge < -0.3 is 4.90 Å². The first-order chi connectivity index (χ1) is 9.10. The largest absolute Gasteiger partial charge is 0.301 e. The highest BCUT2D eigenvalue weighted by Crippen LogP contribution is 2.42. The van der Waals surface area contributed by atoms with E-state index in [9.17, 15) is 0 Å². The van der Waals surface area contributed by atoms with E-state index in [1.54, 1.807) is 0 Å². The van der Waals surface area contributed by atoms with Gasteiger partial charge in [0.1, 0.15) is 0 Å². The van der Waals surface area contributed by atoms with E-state index in [0.717, 1.165) is 12.0 Å². The van der Waals surface area contributed by atoms with Gasteiger partial charge in [-0.05, 0) is 62.8 Å². The van der Waals surface area contributed by atoms with E-state index < -0.39 is 0 Å². The Morgan fingerprint density at radius 1 is 0.850 bits per heavy atom. The van der Waals surface area contributed by atoms with Gasteiger partial charge in [0.2, 0.25) is 0 Å². The van der Waals surface area contributed by atoms with E-state index in [1.165, 1.54) is 38.5 Å². The second kappa shape index (κ2) is 6.81. The van der Waals surface area contributed by atoms with E-state index in [2.05, 4.69) is 60.4 Å². The van der Waals surface area contributed by atoms with Crippen LogP contribution in [0.2, 0.25) is 0 Å². The molecule has 1 fully saturated rings. The van der Waals surface area contributed by atoms with Crippen molar-refractivity contribution in [2.75, 3.05) is 7.05 Å². The first-order valence-electron chi connectivity index (χ1n) is 8.82. The van der Waals surface area contributed by atoms with E-state index >= 15 is 0 Å². The van der Waals surface area contributed by atoms with Crippen molar-refractivity contribution < 1.29 is 0 Å². The summed E-state index contributed by atoms with van der Waals surface area (Å²) in [6.45, 7) is 17.1. The number of nitrogens with zero attached hydrogens (tertiary/aromatic N) is 1. The van der Waals surface area contributed by atoms with Crippen molar-refractivity contribution in [1.82, 2.24) is 4.90 Å². The molecule has 0 spiro atoms. The molecule has 0 aromatic carbocycles. The Kier molecular flexibility index (Phi) is 6.14. The van der Waals surface area contributed by atoms with Crippen LogP contribution in [-0.4, -0.2) is 24.0 Å².